The molecule has 0 bridgehead atoms. The van der Waals surface area contributed by atoms with Gasteiger partial charge in [0.05, 0.1) is 22.8 Å². The minimum atomic E-state index is -4.55. The zero-order valence-corrected chi connectivity index (χ0v) is 17.0. The number of carbonyl (C=O) groups excluding carboxylic acids is 2. The first-order valence-electron chi connectivity index (χ1n) is 8.93. The van der Waals surface area contributed by atoms with Crippen molar-refractivity contribution in [1.82, 2.24) is 10.2 Å². The van der Waals surface area contributed by atoms with E-state index in [9.17, 15) is 22.8 Å². The number of rotatable bonds is 4. The zero-order valence-electron chi connectivity index (χ0n) is 16.3. The van der Waals surface area contributed by atoms with Crippen molar-refractivity contribution >= 4 is 23.6 Å². The third-order valence-corrected chi connectivity index (χ3v) is 5.05. The molecule has 1 aliphatic heterocycles. The molecule has 0 saturated carbocycles. The second-order valence-corrected chi connectivity index (χ2v) is 6.96. The van der Waals surface area contributed by atoms with Gasteiger partial charge in [0.1, 0.15) is 17.6 Å². The summed E-state index contributed by atoms with van der Waals surface area (Å²) in [7, 11) is 1.50. The van der Waals surface area contributed by atoms with E-state index in [1.807, 2.05) is 0 Å². The third kappa shape index (κ3) is 4.02. The molecule has 1 unspecified atom stereocenters. The minimum absolute atomic E-state index is 0.0374. The lowest BCUT2D eigenvalue weighted by Crippen LogP contribution is -2.46. The number of nitrogens with one attached hydrogen (secondary N) is 1. The Morgan fingerprint density at radius 3 is 2.63 bits per heavy atom. The maximum absolute atomic E-state index is 13.1. The quantitative estimate of drug-likeness (QED) is 0.664. The fourth-order valence-electron chi connectivity index (χ4n) is 3.07. The van der Waals surface area contributed by atoms with Crippen LogP contribution in [0, 0.1) is 0 Å². The van der Waals surface area contributed by atoms with Gasteiger partial charge in [-0.05, 0) is 44.2 Å². The molecule has 2 aromatic rings. The van der Waals surface area contributed by atoms with Crippen molar-refractivity contribution in [2.75, 3.05) is 13.7 Å². The van der Waals surface area contributed by atoms with Gasteiger partial charge in [0.2, 0.25) is 0 Å². The molecule has 3 rings (SSSR count). The number of hydrogen-bond acceptors (Lipinski definition) is 4. The molecule has 0 fully saturated rings. The lowest BCUT2D eigenvalue weighted by molar-refractivity contribution is -0.139. The molecule has 0 aliphatic carbocycles. The average molecular weight is 443 g/mol. The summed E-state index contributed by atoms with van der Waals surface area (Å²) in [5, 5.41) is 2.70. The highest BCUT2D eigenvalue weighted by molar-refractivity contribution is 6.33. The molecule has 6 nitrogen and oxygen atoms in total. The fourth-order valence-corrected chi connectivity index (χ4v) is 3.28. The van der Waals surface area contributed by atoms with Crippen molar-refractivity contribution in [3.63, 3.8) is 0 Å². The Labute approximate surface area is 175 Å². The summed E-state index contributed by atoms with van der Waals surface area (Å²) in [5.74, 6) is -0.417. The topological polar surface area (TPSA) is 71.8 Å². The first-order valence-corrected chi connectivity index (χ1v) is 9.31. The number of benzene rings is 1. The molecule has 1 aliphatic rings. The van der Waals surface area contributed by atoms with E-state index in [4.69, 9.17) is 20.8 Å². The fraction of sp³-hybridized carbons (Fsp3) is 0.300. The van der Waals surface area contributed by atoms with Gasteiger partial charge in [0.25, 0.3) is 0 Å². The molecule has 1 atom stereocenters. The molecule has 160 valence electrons. The second-order valence-electron chi connectivity index (χ2n) is 6.56. The number of ether oxygens (including phenoxy) is 1. The molecular formula is C20H18ClF3N2O4. The van der Waals surface area contributed by atoms with E-state index in [0.29, 0.717) is 5.70 Å². The molecule has 2 heterocycles. The first-order chi connectivity index (χ1) is 14.0. The molecule has 2 amide bonds. The van der Waals surface area contributed by atoms with E-state index in [1.54, 1.807) is 13.8 Å². The van der Waals surface area contributed by atoms with Gasteiger partial charge in [-0.15, -0.1) is 0 Å². The van der Waals surface area contributed by atoms with E-state index in [2.05, 4.69) is 5.32 Å². The minimum Gasteiger partial charge on any atom is -0.463 e. The number of esters is 1. The first kappa shape index (κ1) is 21.8. The van der Waals surface area contributed by atoms with Gasteiger partial charge >= 0.3 is 18.2 Å². The van der Waals surface area contributed by atoms with Crippen molar-refractivity contribution in [2.45, 2.75) is 26.1 Å². The molecule has 30 heavy (non-hydrogen) atoms. The van der Waals surface area contributed by atoms with Crippen LogP contribution in [0.15, 0.2) is 46.0 Å². The Morgan fingerprint density at radius 2 is 2.00 bits per heavy atom. The predicted molar refractivity (Wildman–Crippen MR) is 103 cm³/mol. The number of urea groups is 1. The summed E-state index contributed by atoms with van der Waals surface area (Å²) < 4.78 is 50.0. The summed E-state index contributed by atoms with van der Waals surface area (Å²) >= 11 is 6.07. The summed E-state index contributed by atoms with van der Waals surface area (Å²) in [6.45, 7) is 3.36. The SMILES string of the molecule is CCOC(=O)C1=C(C)N(C)C(=O)NC1c1ccc(-c2cc(C(F)(F)F)ccc2Cl)o1. The largest absolute Gasteiger partial charge is 0.463 e. The van der Waals surface area contributed by atoms with Crippen LogP contribution in [0.3, 0.4) is 0 Å². The highest BCUT2D eigenvalue weighted by Gasteiger charge is 2.37. The van der Waals surface area contributed by atoms with E-state index in [-0.39, 0.29) is 34.3 Å². The number of nitrogens with zero attached hydrogens (tertiary/aromatic N) is 1. The van der Waals surface area contributed by atoms with E-state index >= 15 is 0 Å². The van der Waals surface area contributed by atoms with Crippen LogP contribution < -0.4 is 5.32 Å². The standard InChI is InChI=1S/C20H18ClF3N2O4/c1-4-29-18(27)16-10(2)26(3)19(28)25-17(16)15-8-7-14(30-15)12-9-11(20(22,23)24)5-6-13(12)21/h5-9,17H,4H2,1-3H3,(H,25,28). The highest BCUT2D eigenvalue weighted by Crippen LogP contribution is 2.38. The van der Waals surface area contributed by atoms with Crippen molar-refractivity contribution < 1.29 is 31.9 Å². The Morgan fingerprint density at radius 1 is 1.30 bits per heavy atom. The number of allylic oxidation sites excluding steroid dienone is 1. The van der Waals surface area contributed by atoms with Crippen molar-refractivity contribution in [3.05, 3.63) is 57.9 Å². The van der Waals surface area contributed by atoms with E-state index < -0.39 is 29.8 Å². The summed E-state index contributed by atoms with van der Waals surface area (Å²) in [6, 6.07) is 4.34. The van der Waals surface area contributed by atoms with Gasteiger partial charge in [-0.2, -0.15) is 13.2 Å². The van der Waals surface area contributed by atoms with Crippen molar-refractivity contribution in [2.24, 2.45) is 0 Å². The third-order valence-electron chi connectivity index (χ3n) is 4.72. The van der Waals surface area contributed by atoms with Gasteiger partial charge in [-0.25, -0.2) is 9.59 Å². The van der Waals surface area contributed by atoms with Crippen LogP contribution >= 0.6 is 11.6 Å². The summed E-state index contributed by atoms with van der Waals surface area (Å²) in [6.07, 6.45) is -4.55. The monoisotopic (exact) mass is 442 g/mol. The molecule has 0 radical (unpaired) electrons. The summed E-state index contributed by atoms with van der Waals surface area (Å²) in [4.78, 5) is 26.0. The number of hydrogen-bond donors (Lipinski definition) is 1. The van der Waals surface area contributed by atoms with Crippen LogP contribution in [0.2, 0.25) is 5.02 Å². The molecular weight excluding hydrogens is 425 g/mol. The lowest BCUT2D eigenvalue weighted by atomic mass is 10.00. The van der Waals surface area contributed by atoms with Gasteiger partial charge in [0.15, 0.2) is 0 Å². The van der Waals surface area contributed by atoms with Crippen LogP contribution in [0.4, 0.5) is 18.0 Å². The number of carbonyl (C=O) groups is 2. The molecule has 1 aromatic heterocycles. The van der Waals surface area contributed by atoms with Crippen LogP contribution in [0.1, 0.15) is 31.2 Å². The number of halogens is 4. The van der Waals surface area contributed by atoms with Crippen LogP contribution in [0.25, 0.3) is 11.3 Å². The molecule has 0 saturated heterocycles. The van der Waals surface area contributed by atoms with Crippen LogP contribution in [0.5, 0.6) is 0 Å². The van der Waals surface area contributed by atoms with Crippen LogP contribution in [-0.4, -0.2) is 30.6 Å². The Balaban J connectivity index is 2.05. The maximum atomic E-state index is 13.1. The van der Waals surface area contributed by atoms with Crippen molar-refractivity contribution in [1.29, 1.82) is 0 Å². The molecule has 10 heteroatoms. The van der Waals surface area contributed by atoms with Crippen molar-refractivity contribution in [3.8, 4) is 11.3 Å². The van der Waals surface area contributed by atoms with Gasteiger partial charge in [-0.3, -0.25) is 0 Å². The molecule has 0 spiro atoms. The smallest absolute Gasteiger partial charge is 0.416 e. The van der Waals surface area contributed by atoms with E-state index in [0.717, 1.165) is 18.2 Å². The lowest BCUT2D eigenvalue weighted by Gasteiger charge is -2.31. The van der Waals surface area contributed by atoms with Gasteiger partial charge in [0, 0.05) is 18.3 Å². The predicted octanol–water partition coefficient (Wildman–Crippen LogP) is 5.15. The normalized spacial score (nSPS) is 17.2. The van der Waals surface area contributed by atoms with Gasteiger partial charge in [-0.1, -0.05) is 11.6 Å². The highest BCUT2D eigenvalue weighted by atomic mass is 35.5. The number of amides is 2. The molecule has 1 N–H and O–H groups in total. The zero-order chi connectivity index (χ0) is 22.2. The average Bonchev–Trinajstić information content (AvgIpc) is 3.15. The second kappa shape index (κ2) is 8.06. The van der Waals surface area contributed by atoms with Crippen LogP contribution in [-0.2, 0) is 15.7 Å². The van der Waals surface area contributed by atoms with E-state index in [1.165, 1.54) is 24.1 Å². The number of alkyl halides is 3. The Kier molecular flexibility index (Phi) is 5.85. The maximum Gasteiger partial charge on any atom is 0.416 e. The number of furan rings is 1. The molecule has 1 aromatic carbocycles. The van der Waals surface area contributed by atoms with Gasteiger partial charge < -0.3 is 19.4 Å². The Hall–Kier alpha value is -2.94. The summed E-state index contributed by atoms with van der Waals surface area (Å²) in [5.41, 5.74) is -0.307. The Bertz CT molecular complexity index is 1030.